The van der Waals surface area contributed by atoms with Gasteiger partial charge in [0.2, 0.25) is 0 Å². The van der Waals surface area contributed by atoms with E-state index in [4.69, 9.17) is 14.5 Å². The minimum atomic E-state index is -0.991. The van der Waals surface area contributed by atoms with Crippen LogP contribution in [0.25, 0.3) is 31.6 Å². The van der Waals surface area contributed by atoms with Crippen molar-refractivity contribution < 1.29 is 19.1 Å². The molecule has 0 aliphatic heterocycles. The van der Waals surface area contributed by atoms with E-state index in [1.165, 1.54) is 0 Å². The Kier molecular flexibility index (Phi) is 6.16. The number of hydrogen-bond acceptors (Lipinski definition) is 6. The third kappa shape index (κ3) is 4.58. The summed E-state index contributed by atoms with van der Waals surface area (Å²) < 4.78 is 11.8. The molecule has 0 saturated carbocycles. The van der Waals surface area contributed by atoms with Crippen LogP contribution in [-0.4, -0.2) is 30.1 Å². The van der Waals surface area contributed by atoms with Crippen LogP contribution in [-0.2, 0) is 9.53 Å². The van der Waals surface area contributed by atoms with E-state index in [9.17, 15) is 9.59 Å². The lowest BCUT2D eigenvalue weighted by Gasteiger charge is -2.15. The van der Waals surface area contributed by atoms with Crippen LogP contribution in [0.3, 0.4) is 0 Å². The molecule has 0 spiro atoms. The van der Waals surface area contributed by atoms with Gasteiger partial charge >= 0.3 is 5.97 Å². The number of nitrogens with one attached hydrogen (secondary N) is 1. The van der Waals surface area contributed by atoms with Crippen molar-refractivity contribution >= 4 is 49.9 Å². The van der Waals surface area contributed by atoms with Crippen LogP contribution >= 0.6 is 11.3 Å². The van der Waals surface area contributed by atoms with Crippen molar-refractivity contribution in [1.82, 2.24) is 4.98 Å². The summed E-state index contributed by atoms with van der Waals surface area (Å²) in [6.45, 7) is 1.55. The molecule has 5 rings (SSSR count). The van der Waals surface area contributed by atoms with Gasteiger partial charge in [-0.05, 0) is 54.8 Å². The quantitative estimate of drug-likeness (QED) is 0.287. The molecule has 1 atom stereocenters. The van der Waals surface area contributed by atoms with Crippen LogP contribution in [0, 0.1) is 0 Å². The first-order chi connectivity index (χ1) is 17.0. The van der Waals surface area contributed by atoms with Gasteiger partial charge in [-0.25, -0.2) is 9.78 Å². The summed E-state index contributed by atoms with van der Waals surface area (Å²) in [7, 11) is 1.57. The smallest absolute Gasteiger partial charge is 0.339 e. The zero-order valence-electron chi connectivity index (χ0n) is 19.1. The molecule has 1 heterocycles. The maximum absolute atomic E-state index is 13.2. The first kappa shape index (κ1) is 22.6. The van der Waals surface area contributed by atoms with Gasteiger partial charge in [0.15, 0.2) is 6.10 Å². The summed E-state index contributed by atoms with van der Waals surface area (Å²) in [6.07, 6.45) is -0.991. The number of carbonyl (C=O) groups is 2. The fourth-order valence-corrected chi connectivity index (χ4v) is 4.87. The molecule has 0 fully saturated rings. The lowest BCUT2D eigenvalue weighted by molar-refractivity contribution is -0.123. The summed E-state index contributed by atoms with van der Waals surface area (Å²) in [5.41, 5.74) is 2.74. The van der Waals surface area contributed by atoms with Crippen LogP contribution < -0.4 is 10.1 Å². The van der Waals surface area contributed by atoms with Crippen LogP contribution in [0.1, 0.15) is 17.3 Å². The molecule has 35 heavy (non-hydrogen) atoms. The Bertz CT molecular complexity index is 1500. The molecule has 174 valence electrons. The molecular weight excluding hydrogens is 460 g/mol. The number of para-hydroxylation sites is 1. The summed E-state index contributed by atoms with van der Waals surface area (Å²) in [6, 6.07) is 26.2. The van der Waals surface area contributed by atoms with E-state index in [-0.39, 0.29) is 0 Å². The fraction of sp³-hybridized carbons (Fsp3) is 0.107. The Labute approximate surface area is 206 Å². The Morgan fingerprint density at radius 3 is 2.40 bits per heavy atom. The van der Waals surface area contributed by atoms with Crippen molar-refractivity contribution in [1.29, 1.82) is 0 Å². The van der Waals surface area contributed by atoms with Crippen molar-refractivity contribution in [2.24, 2.45) is 0 Å². The van der Waals surface area contributed by atoms with Crippen molar-refractivity contribution in [2.45, 2.75) is 13.0 Å². The molecule has 0 saturated heterocycles. The van der Waals surface area contributed by atoms with Crippen molar-refractivity contribution in [3.63, 3.8) is 0 Å². The van der Waals surface area contributed by atoms with Crippen LogP contribution in [0.2, 0.25) is 0 Å². The van der Waals surface area contributed by atoms with Crippen LogP contribution in [0.5, 0.6) is 5.75 Å². The molecule has 0 radical (unpaired) electrons. The number of carbonyl (C=O) groups excluding carboxylic acids is 2. The highest BCUT2D eigenvalue weighted by Crippen LogP contribution is 2.36. The third-order valence-corrected chi connectivity index (χ3v) is 6.73. The van der Waals surface area contributed by atoms with E-state index in [0.717, 1.165) is 31.6 Å². The average Bonchev–Trinajstić information content (AvgIpc) is 3.32. The first-order valence-electron chi connectivity index (χ1n) is 11.1. The number of hydrogen-bond donors (Lipinski definition) is 1. The van der Waals surface area contributed by atoms with Gasteiger partial charge in [0.05, 0.1) is 22.9 Å². The molecule has 0 bridgehead atoms. The molecular formula is C28H22N2O4S. The molecule has 5 aromatic rings. The Balaban J connectivity index is 1.43. The topological polar surface area (TPSA) is 77.5 Å². The Morgan fingerprint density at radius 1 is 0.914 bits per heavy atom. The van der Waals surface area contributed by atoms with E-state index in [1.54, 1.807) is 55.7 Å². The summed E-state index contributed by atoms with van der Waals surface area (Å²) in [4.78, 5) is 30.7. The number of esters is 1. The normalized spacial score (nSPS) is 11.8. The molecule has 4 aromatic carbocycles. The number of anilines is 1. The highest BCUT2D eigenvalue weighted by Gasteiger charge is 2.22. The highest BCUT2D eigenvalue weighted by atomic mass is 32.1. The summed E-state index contributed by atoms with van der Waals surface area (Å²) >= 11 is 1.57. The second-order valence-electron chi connectivity index (χ2n) is 7.96. The molecule has 0 aliphatic rings. The number of ether oxygens (including phenoxy) is 2. The fourth-order valence-electron chi connectivity index (χ4n) is 3.87. The Hall–Kier alpha value is -4.23. The minimum absolute atomic E-state index is 0.390. The van der Waals surface area contributed by atoms with Crippen LogP contribution in [0.4, 0.5) is 5.69 Å². The molecule has 0 aliphatic carbocycles. The van der Waals surface area contributed by atoms with Crippen molar-refractivity contribution in [3.8, 4) is 16.3 Å². The molecule has 1 aromatic heterocycles. The predicted molar refractivity (Wildman–Crippen MR) is 139 cm³/mol. The SMILES string of the molecule is COc1ccc(NC(=O)C(C)OC(=O)c2cccc3cccc(-c4nc5ccccc5s4)c23)cc1. The highest BCUT2D eigenvalue weighted by molar-refractivity contribution is 7.21. The van der Waals surface area contributed by atoms with Crippen molar-refractivity contribution in [3.05, 3.63) is 90.5 Å². The maximum atomic E-state index is 13.2. The van der Waals surface area contributed by atoms with E-state index in [1.807, 2.05) is 54.6 Å². The van der Waals surface area contributed by atoms with Gasteiger partial charge in [0.1, 0.15) is 10.8 Å². The number of nitrogens with zero attached hydrogens (tertiary/aromatic N) is 1. The maximum Gasteiger partial charge on any atom is 0.339 e. The van der Waals surface area contributed by atoms with Gasteiger partial charge < -0.3 is 14.8 Å². The summed E-state index contributed by atoms with van der Waals surface area (Å²) in [5.74, 6) is -0.306. The molecule has 1 amide bonds. The zero-order chi connectivity index (χ0) is 24.4. The first-order valence-corrected chi connectivity index (χ1v) is 11.9. The number of rotatable bonds is 6. The van der Waals surface area contributed by atoms with E-state index in [2.05, 4.69) is 5.32 Å². The van der Waals surface area contributed by atoms with Crippen LogP contribution in [0.15, 0.2) is 84.9 Å². The predicted octanol–water partition coefficient (Wildman–Crippen LogP) is 6.31. The Morgan fingerprint density at radius 2 is 1.66 bits per heavy atom. The number of fused-ring (bicyclic) bond motifs is 2. The molecule has 6 nitrogen and oxygen atoms in total. The molecule has 1 N–H and O–H groups in total. The largest absolute Gasteiger partial charge is 0.497 e. The minimum Gasteiger partial charge on any atom is -0.497 e. The van der Waals surface area contributed by atoms with Gasteiger partial charge in [-0.1, -0.05) is 42.5 Å². The van der Waals surface area contributed by atoms with E-state index in [0.29, 0.717) is 17.0 Å². The van der Waals surface area contributed by atoms with Gasteiger partial charge in [-0.3, -0.25) is 4.79 Å². The van der Waals surface area contributed by atoms with Gasteiger partial charge in [-0.2, -0.15) is 0 Å². The molecule has 7 heteroatoms. The van der Waals surface area contributed by atoms with Gasteiger partial charge in [0.25, 0.3) is 5.91 Å². The third-order valence-electron chi connectivity index (χ3n) is 5.66. The number of aromatic nitrogens is 1. The number of thiazole rings is 1. The zero-order valence-corrected chi connectivity index (χ0v) is 20.0. The lowest BCUT2D eigenvalue weighted by Crippen LogP contribution is -2.30. The number of amides is 1. The second-order valence-corrected chi connectivity index (χ2v) is 8.99. The second kappa shape index (κ2) is 9.56. The monoisotopic (exact) mass is 482 g/mol. The lowest BCUT2D eigenvalue weighted by atomic mass is 9.99. The number of benzene rings is 4. The van der Waals surface area contributed by atoms with E-state index < -0.39 is 18.0 Å². The van der Waals surface area contributed by atoms with Gasteiger partial charge in [-0.15, -0.1) is 11.3 Å². The number of methoxy groups -OCH3 is 1. The van der Waals surface area contributed by atoms with Gasteiger partial charge in [0, 0.05) is 16.6 Å². The van der Waals surface area contributed by atoms with E-state index >= 15 is 0 Å². The van der Waals surface area contributed by atoms with Crippen molar-refractivity contribution in [2.75, 3.05) is 12.4 Å². The molecule has 1 unspecified atom stereocenters. The summed E-state index contributed by atoms with van der Waals surface area (Å²) in [5, 5.41) is 5.23. The standard InChI is InChI=1S/C28H22N2O4S/c1-17(26(31)29-19-13-15-20(33-2)16-14-19)34-28(32)22-10-6-8-18-7-5-9-21(25(18)22)27-30-23-11-3-4-12-24(23)35-27/h3-17H,1-2H3,(H,29,31). The average molecular weight is 483 g/mol.